The van der Waals surface area contributed by atoms with Crippen LogP contribution in [0.5, 0.6) is 0 Å². The maximum Gasteiger partial charge on any atom is 0.355 e. The first kappa shape index (κ1) is 11.7. The number of hydrogen-bond acceptors (Lipinski definition) is 2. The Morgan fingerprint density at radius 3 is 2.65 bits per heavy atom. The van der Waals surface area contributed by atoms with E-state index in [9.17, 15) is 4.79 Å². The van der Waals surface area contributed by atoms with Gasteiger partial charge in [0, 0.05) is 0 Å². The molecule has 0 spiro atoms. The molecule has 2 rings (SSSR count). The molecule has 0 aliphatic rings. The molecule has 1 aromatic carbocycles. The van der Waals surface area contributed by atoms with Crippen molar-refractivity contribution >= 4 is 17.6 Å². The number of nitrogens with zero attached hydrogens (tertiary/aromatic N) is 2. The first-order valence-corrected chi connectivity index (χ1v) is 5.49. The van der Waals surface area contributed by atoms with Crippen molar-refractivity contribution < 1.29 is 9.90 Å². The van der Waals surface area contributed by atoms with Crippen LogP contribution in [0.3, 0.4) is 0 Å². The molecule has 1 atom stereocenters. The van der Waals surface area contributed by atoms with Crippen molar-refractivity contribution in [2.45, 2.75) is 13.0 Å². The monoisotopic (exact) mass is 250 g/mol. The summed E-state index contributed by atoms with van der Waals surface area (Å²) in [5.74, 6) is -1.07. The molecule has 2 aromatic rings. The van der Waals surface area contributed by atoms with Crippen molar-refractivity contribution in [2.24, 2.45) is 0 Å². The molecule has 1 heterocycles. The molecule has 5 heteroatoms. The van der Waals surface area contributed by atoms with Crippen LogP contribution in [0.4, 0.5) is 0 Å². The van der Waals surface area contributed by atoms with E-state index in [2.05, 4.69) is 4.98 Å². The molecule has 0 bridgehead atoms. The average Bonchev–Trinajstić information content (AvgIpc) is 2.71. The lowest BCUT2D eigenvalue weighted by Crippen LogP contribution is -2.13. The van der Waals surface area contributed by atoms with Crippen LogP contribution in [0, 0.1) is 0 Å². The number of aromatic nitrogens is 2. The smallest absolute Gasteiger partial charge is 0.355 e. The van der Waals surface area contributed by atoms with E-state index < -0.39 is 5.97 Å². The summed E-state index contributed by atoms with van der Waals surface area (Å²) in [4.78, 5) is 14.9. The second-order valence-corrected chi connectivity index (χ2v) is 4.04. The molecule has 0 radical (unpaired) electrons. The molecule has 0 amide bonds. The minimum atomic E-state index is -1.07. The maximum absolute atomic E-state index is 11.1. The number of aromatic carboxylic acids is 1. The number of carbonyl (C=O) groups is 1. The average molecular weight is 251 g/mol. The maximum atomic E-state index is 11.1. The summed E-state index contributed by atoms with van der Waals surface area (Å²) in [5, 5.41) is 9.10. The first-order valence-electron chi connectivity index (χ1n) is 5.12. The molecule has 1 aromatic heterocycles. The van der Waals surface area contributed by atoms with E-state index in [0.717, 1.165) is 5.56 Å². The summed E-state index contributed by atoms with van der Waals surface area (Å²) < 4.78 is 1.56. The highest BCUT2D eigenvalue weighted by Gasteiger charge is 2.20. The molecule has 0 saturated heterocycles. The van der Waals surface area contributed by atoms with Gasteiger partial charge < -0.3 is 9.67 Å². The number of carboxylic acids is 1. The van der Waals surface area contributed by atoms with Gasteiger partial charge in [0.2, 0.25) is 0 Å². The van der Waals surface area contributed by atoms with Crippen LogP contribution in [-0.4, -0.2) is 20.6 Å². The number of halogens is 1. The van der Waals surface area contributed by atoms with Gasteiger partial charge in [0.05, 0.1) is 12.4 Å². The molecular formula is C12H11ClN2O2. The van der Waals surface area contributed by atoms with Crippen LogP contribution in [0.25, 0.3) is 0 Å². The Hall–Kier alpha value is -1.81. The molecule has 88 valence electrons. The SMILES string of the molecule is C[C@H](c1ccccc1)n1cnc(Cl)c1C(=O)O. The Kier molecular flexibility index (Phi) is 3.15. The molecule has 0 saturated carbocycles. The quantitative estimate of drug-likeness (QED) is 0.911. The largest absolute Gasteiger partial charge is 0.476 e. The Balaban J connectivity index is 2.45. The summed E-state index contributed by atoms with van der Waals surface area (Å²) >= 11 is 5.76. The molecule has 0 aliphatic carbocycles. The normalized spacial score (nSPS) is 12.4. The van der Waals surface area contributed by atoms with Crippen LogP contribution in [0.2, 0.25) is 5.15 Å². The molecule has 0 unspecified atom stereocenters. The van der Waals surface area contributed by atoms with Crippen molar-refractivity contribution in [1.82, 2.24) is 9.55 Å². The third-order valence-corrected chi connectivity index (χ3v) is 2.93. The van der Waals surface area contributed by atoms with Crippen molar-refractivity contribution in [3.05, 3.63) is 53.1 Å². The first-order chi connectivity index (χ1) is 8.11. The van der Waals surface area contributed by atoms with Gasteiger partial charge in [0.15, 0.2) is 10.8 Å². The predicted octanol–water partition coefficient (Wildman–Crippen LogP) is 2.84. The topological polar surface area (TPSA) is 55.1 Å². The van der Waals surface area contributed by atoms with Crippen LogP contribution >= 0.6 is 11.6 Å². The van der Waals surface area contributed by atoms with Gasteiger partial charge in [-0.05, 0) is 12.5 Å². The third kappa shape index (κ3) is 2.17. The lowest BCUT2D eigenvalue weighted by molar-refractivity contribution is 0.0684. The fourth-order valence-corrected chi connectivity index (χ4v) is 1.94. The van der Waals surface area contributed by atoms with Crippen LogP contribution in [0.1, 0.15) is 29.0 Å². The lowest BCUT2D eigenvalue weighted by Gasteiger charge is -2.15. The Morgan fingerprint density at radius 2 is 2.06 bits per heavy atom. The number of imidazole rings is 1. The Morgan fingerprint density at radius 1 is 1.41 bits per heavy atom. The third-order valence-electron chi connectivity index (χ3n) is 2.65. The van der Waals surface area contributed by atoms with Gasteiger partial charge in [0.1, 0.15) is 0 Å². The highest BCUT2D eigenvalue weighted by atomic mass is 35.5. The van der Waals surface area contributed by atoms with Crippen LogP contribution in [0.15, 0.2) is 36.7 Å². The molecular weight excluding hydrogens is 240 g/mol. The predicted molar refractivity (Wildman–Crippen MR) is 64.5 cm³/mol. The summed E-state index contributed by atoms with van der Waals surface area (Å²) in [5.41, 5.74) is 1.02. The van der Waals surface area contributed by atoms with Gasteiger partial charge in [-0.25, -0.2) is 9.78 Å². The molecule has 17 heavy (non-hydrogen) atoms. The minimum Gasteiger partial charge on any atom is -0.476 e. The van der Waals surface area contributed by atoms with Crippen molar-refractivity contribution in [3.8, 4) is 0 Å². The molecule has 0 fully saturated rings. The van der Waals surface area contributed by atoms with Crippen molar-refractivity contribution in [2.75, 3.05) is 0 Å². The fourth-order valence-electron chi connectivity index (χ4n) is 1.72. The number of carboxylic acid groups (broad SMARTS) is 1. The van der Waals surface area contributed by atoms with E-state index in [1.54, 1.807) is 4.57 Å². The standard InChI is InChI=1S/C12H11ClN2O2/c1-8(9-5-3-2-4-6-9)15-7-14-11(13)10(15)12(16)17/h2-8H,1H3,(H,16,17)/t8-/m1/s1. The highest BCUT2D eigenvalue weighted by molar-refractivity contribution is 6.32. The zero-order valence-corrected chi connectivity index (χ0v) is 9.93. The Bertz CT molecular complexity index is 537. The number of benzene rings is 1. The van der Waals surface area contributed by atoms with E-state index in [4.69, 9.17) is 16.7 Å². The highest BCUT2D eigenvalue weighted by Crippen LogP contribution is 2.23. The van der Waals surface area contributed by atoms with Gasteiger partial charge in [-0.1, -0.05) is 41.9 Å². The van der Waals surface area contributed by atoms with E-state index in [0.29, 0.717) is 0 Å². The molecule has 1 N–H and O–H groups in total. The summed E-state index contributed by atoms with van der Waals surface area (Å²) in [6, 6.07) is 9.47. The van der Waals surface area contributed by atoms with E-state index >= 15 is 0 Å². The summed E-state index contributed by atoms with van der Waals surface area (Å²) in [6.07, 6.45) is 1.45. The van der Waals surface area contributed by atoms with Gasteiger partial charge in [-0.15, -0.1) is 0 Å². The van der Waals surface area contributed by atoms with Crippen molar-refractivity contribution in [1.29, 1.82) is 0 Å². The van der Waals surface area contributed by atoms with E-state index in [1.807, 2.05) is 37.3 Å². The number of rotatable bonds is 3. The lowest BCUT2D eigenvalue weighted by atomic mass is 10.1. The van der Waals surface area contributed by atoms with Crippen molar-refractivity contribution in [3.63, 3.8) is 0 Å². The van der Waals surface area contributed by atoms with Gasteiger partial charge in [0.25, 0.3) is 0 Å². The summed E-state index contributed by atoms with van der Waals surface area (Å²) in [7, 11) is 0. The summed E-state index contributed by atoms with van der Waals surface area (Å²) in [6.45, 7) is 1.90. The fraction of sp³-hybridized carbons (Fsp3) is 0.167. The zero-order valence-electron chi connectivity index (χ0n) is 9.17. The number of hydrogen-bond donors (Lipinski definition) is 1. The second kappa shape index (κ2) is 4.59. The van der Waals surface area contributed by atoms with Gasteiger partial charge in [-0.2, -0.15) is 0 Å². The second-order valence-electron chi connectivity index (χ2n) is 3.68. The van der Waals surface area contributed by atoms with Crippen LogP contribution in [-0.2, 0) is 0 Å². The Labute approximate surface area is 103 Å². The van der Waals surface area contributed by atoms with E-state index in [-0.39, 0.29) is 16.9 Å². The van der Waals surface area contributed by atoms with Crippen LogP contribution < -0.4 is 0 Å². The zero-order chi connectivity index (χ0) is 12.4. The van der Waals surface area contributed by atoms with E-state index in [1.165, 1.54) is 6.33 Å². The minimum absolute atomic E-state index is 0.0141. The molecule has 0 aliphatic heterocycles. The van der Waals surface area contributed by atoms with Gasteiger partial charge >= 0.3 is 5.97 Å². The van der Waals surface area contributed by atoms with Gasteiger partial charge in [-0.3, -0.25) is 0 Å². The molecule has 4 nitrogen and oxygen atoms in total.